The first-order valence-electron chi connectivity index (χ1n) is 4.98. The van der Waals surface area contributed by atoms with Gasteiger partial charge < -0.3 is 26.2 Å². The molecule has 0 aliphatic carbocycles. The third-order valence-electron chi connectivity index (χ3n) is 1.95. The van der Waals surface area contributed by atoms with Gasteiger partial charge in [0.25, 0.3) is 0 Å². The zero-order valence-electron chi connectivity index (χ0n) is 10.3. The molecule has 0 radical (unpaired) electrons. The monoisotopic (exact) mass is 319 g/mol. The summed E-state index contributed by atoms with van der Waals surface area (Å²) in [6, 6.07) is -1.61. The van der Waals surface area contributed by atoms with E-state index in [1.807, 2.05) is 0 Å². The van der Waals surface area contributed by atoms with Crippen LogP contribution in [0.15, 0.2) is 0 Å². The number of rotatable bonds is 6. The van der Waals surface area contributed by atoms with E-state index in [1.54, 1.807) is 0 Å². The fraction of sp³-hybridized carbons (Fsp3) is 0.750. The Morgan fingerprint density at radius 1 is 1.10 bits per heavy atom. The standard InChI is InChI=1S/C8H15NO6.H2O4S/c1-3(11)6(13)5(9)8(15)7(14)4(12)2-10;1-5(2,3)4/h4-5,7-8,10,12,14-15H,2,9H2,1H3;(H2,1,2,3,4)/t4-,5+,7+,8-;/m1./s1. The fourth-order valence-electron chi connectivity index (χ4n) is 0.938. The molecule has 20 heavy (non-hydrogen) atoms. The molecule has 0 rings (SSSR count). The molecule has 120 valence electrons. The predicted octanol–water partition coefficient (Wildman–Crippen LogP) is -4.11. The molecule has 0 aromatic rings. The predicted molar refractivity (Wildman–Crippen MR) is 62.9 cm³/mol. The first-order valence-corrected chi connectivity index (χ1v) is 6.37. The topological polar surface area (TPSA) is 216 Å². The first-order chi connectivity index (χ1) is 8.82. The van der Waals surface area contributed by atoms with E-state index in [-0.39, 0.29) is 0 Å². The van der Waals surface area contributed by atoms with E-state index in [1.165, 1.54) is 0 Å². The van der Waals surface area contributed by atoms with Crippen molar-refractivity contribution in [2.45, 2.75) is 31.3 Å². The Bertz CT molecular complexity index is 413. The van der Waals surface area contributed by atoms with Crippen LogP contribution in [0.3, 0.4) is 0 Å². The highest BCUT2D eigenvalue weighted by atomic mass is 32.3. The van der Waals surface area contributed by atoms with Gasteiger partial charge in [0, 0.05) is 6.92 Å². The lowest BCUT2D eigenvalue weighted by Gasteiger charge is -2.24. The Balaban J connectivity index is 0. The third kappa shape index (κ3) is 9.88. The van der Waals surface area contributed by atoms with Crippen molar-refractivity contribution < 1.29 is 47.5 Å². The van der Waals surface area contributed by atoms with Gasteiger partial charge in [0.05, 0.1) is 6.61 Å². The van der Waals surface area contributed by atoms with E-state index in [0.29, 0.717) is 0 Å². The molecule has 0 fully saturated rings. The van der Waals surface area contributed by atoms with Gasteiger partial charge in [0.15, 0.2) is 5.78 Å². The second-order valence-electron chi connectivity index (χ2n) is 3.63. The summed E-state index contributed by atoms with van der Waals surface area (Å²) in [5.74, 6) is -1.90. The van der Waals surface area contributed by atoms with Gasteiger partial charge in [-0.15, -0.1) is 0 Å². The molecule has 12 heteroatoms. The molecule has 0 aromatic heterocycles. The van der Waals surface area contributed by atoms with Crippen LogP contribution in [0.1, 0.15) is 6.92 Å². The van der Waals surface area contributed by atoms with Gasteiger partial charge in [-0.2, -0.15) is 8.42 Å². The zero-order chi connectivity index (χ0) is 16.7. The molecule has 8 N–H and O–H groups in total. The quantitative estimate of drug-likeness (QED) is 0.184. The number of aliphatic hydroxyl groups excluding tert-OH is 4. The Labute approximate surface area is 114 Å². The van der Waals surface area contributed by atoms with Crippen LogP contribution in [-0.4, -0.2) is 80.5 Å². The summed E-state index contributed by atoms with van der Waals surface area (Å²) in [6.07, 6.45) is -5.21. The Kier molecular flexibility index (Phi) is 9.63. The van der Waals surface area contributed by atoms with Gasteiger partial charge in [0.1, 0.15) is 24.4 Å². The maximum atomic E-state index is 11.0. The van der Waals surface area contributed by atoms with Gasteiger partial charge in [-0.3, -0.25) is 18.7 Å². The van der Waals surface area contributed by atoms with Gasteiger partial charge >= 0.3 is 10.4 Å². The summed E-state index contributed by atoms with van der Waals surface area (Å²) >= 11 is 0. The molecule has 4 atom stereocenters. The van der Waals surface area contributed by atoms with Crippen molar-refractivity contribution >= 4 is 22.0 Å². The van der Waals surface area contributed by atoms with Crippen LogP contribution in [0.25, 0.3) is 0 Å². The molecular formula is C8H17NO10S. The van der Waals surface area contributed by atoms with Crippen LogP contribution in [-0.2, 0) is 20.0 Å². The van der Waals surface area contributed by atoms with E-state index in [0.717, 1.165) is 6.92 Å². The summed E-state index contributed by atoms with van der Waals surface area (Å²) in [5, 5.41) is 35.9. The van der Waals surface area contributed by atoms with Crippen LogP contribution in [0, 0.1) is 0 Å². The van der Waals surface area contributed by atoms with E-state index in [9.17, 15) is 19.8 Å². The summed E-state index contributed by atoms with van der Waals surface area (Å²) in [7, 11) is -4.67. The average Bonchev–Trinajstić information content (AvgIpc) is 2.31. The van der Waals surface area contributed by atoms with Crippen LogP contribution in [0.2, 0.25) is 0 Å². The van der Waals surface area contributed by atoms with E-state index in [2.05, 4.69) is 0 Å². The molecule has 0 heterocycles. The molecule has 0 amide bonds. The second kappa shape index (κ2) is 9.04. The number of hydrogen-bond donors (Lipinski definition) is 7. The number of ketones is 2. The van der Waals surface area contributed by atoms with Gasteiger partial charge in [-0.25, -0.2) is 0 Å². The van der Waals surface area contributed by atoms with Crippen molar-refractivity contribution in [1.82, 2.24) is 0 Å². The minimum atomic E-state index is -4.67. The lowest BCUT2D eigenvalue weighted by atomic mass is 9.97. The summed E-state index contributed by atoms with van der Waals surface area (Å²) in [6.45, 7) is 0.184. The van der Waals surface area contributed by atoms with Crippen molar-refractivity contribution in [2.75, 3.05) is 6.61 Å². The van der Waals surface area contributed by atoms with Crippen molar-refractivity contribution in [3.05, 3.63) is 0 Å². The number of carbonyl (C=O) groups excluding carboxylic acids is 2. The number of carbonyl (C=O) groups is 2. The molecule has 0 saturated heterocycles. The lowest BCUT2D eigenvalue weighted by molar-refractivity contribution is -0.141. The van der Waals surface area contributed by atoms with Crippen LogP contribution in [0.4, 0.5) is 0 Å². The number of nitrogens with two attached hydrogens (primary N) is 1. The molecule has 0 bridgehead atoms. The molecule has 0 aliphatic heterocycles. The molecule has 0 unspecified atom stereocenters. The van der Waals surface area contributed by atoms with E-state index in [4.69, 9.17) is 33.5 Å². The molecule has 0 saturated carbocycles. The van der Waals surface area contributed by atoms with Crippen molar-refractivity contribution in [3.63, 3.8) is 0 Å². The van der Waals surface area contributed by atoms with Gasteiger partial charge in [-0.05, 0) is 0 Å². The number of aliphatic hydroxyl groups is 4. The smallest absolute Gasteiger partial charge is 0.394 e. The normalized spacial score (nSPS) is 17.2. The van der Waals surface area contributed by atoms with Crippen LogP contribution < -0.4 is 5.73 Å². The van der Waals surface area contributed by atoms with E-state index < -0.39 is 52.9 Å². The fourth-order valence-corrected chi connectivity index (χ4v) is 0.938. The summed E-state index contributed by atoms with van der Waals surface area (Å²) in [4.78, 5) is 21.6. The van der Waals surface area contributed by atoms with Crippen molar-refractivity contribution in [1.29, 1.82) is 0 Å². The molecular weight excluding hydrogens is 302 g/mol. The second-order valence-corrected chi connectivity index (χ2v) is 4.52. The summed E-state index contributed by atoms with van der Waals surface area (Å²) in [5.41, 5.74) is 5.18. The summed E-state index contributed by atoms with van der Waals surface area (Å²) < 4.78 is 31.6. The molecule has 0 spiro atoms. The Hall–Kier alpha value is -0.990. The minimum Gasteiger partial charge on any atom is -0.394 e. The van der Waals surface area contributed by atoms with Crippen LogP contribution in [0.5, 0.6) is 0 Å². The highest BCUT2D eigenvalue weighted by Gasteiger charge is 2.34. The maximum Gasteiger partial charge on any atom is 0.394 e. The zero-order valence-corrected chi connectivity index (χ0v) is 11.1. The Morgan fingerprint density at radius 2 is 1.45 bits per heavy atom. The number of hydrogen-bond acceptors (Lipinski definition) is 9. The van der Waals surface area contributed by atoms with Crippen LogP contribution >= 0.6 is 0 Å². The SMILES string of the molecule is CC(=O)C(=O)[C@H](N)[C@@H](O)[C@@H](O)[C@H](O)CO.O=S(=O)(O)O. The highest BCUT2D eigenvalue weighted by molar-refractivity contribution is 7.79. The van der Waals surface area contributed by atoms with E-state index >= 15 is 0 Å². The average molecular weight is 319 g/mol. The minimum absolute atomic E-state index is 0.792. The van der Waals surface area contributed by atoms with Crippen molar-refractivity contribution in [2.24, 2.45) is 5.73 Å². The first kappa shape index (κ1) is 21.3. The largest absolute Gasteiger partial charge is 0.394 e. The molecule has 0 aliphatic rings. The lowest BCUT2D eigenvalue weighted by Crippen LogP contribution is -2.54. The third-order valence-corrected chi connectivity index (χ3v) is 1.95. The van der Waals surface area contributed by atoms with Crippen molar-refractivity contribution in [3.8, 4) is 0 Å². The number of Topliss-reactive ketones (excluding diaryl/α,β-unsaturated/α-hetero) is 2. The molecule has 11 nitrogen and oxygen atoms in total. The highest BCUT2D eigenvalue weighted by Crippen LogP contribution is 2.04. The van der Waals surface area contributed by atoms with Gasteiger partial charge in [-0.1, -0.05) is 0 Å². The molecule has 0 aromatic carbocycles. The maximum absolute atomic E-state index is 11.0. The Morgan fingerprint density at radius 3 is 1.70 bits per heavy atom. The van der Waals surface area contributed by atoms with Gasteiger partial charge in [0.2, 0.25) is 5.78 Å².